The van der Waals surface area contributed by atoms with Crippen molar-refractivity contribution >= 4 is 29.9 Å². The maximum Gasteiger partial charge on any atom is 0.252 e. The molecule has 1 unspecified atom stereocenters. The number of rotatable bonds is 5. The van der Waals surface area contributed by atoms with Gasteiger partial charge in [0, 0.05) is 20.1 Å². The highest BCUT2D eigenvalue weighted by molar-refractivity contribution is 6.32. The van der Waals surface area contributed by atoms with Gasteiger partial charge >= 0.3 is 0 Å². The zero-order chi connectivity index (χ0) is 14.4. The standard InChI is InChI=1S/C14H19ClN2O3.ClH/c1-17(14(18)13-10-16-6-8-19-13)7-9-20-12-5-3-2-4-11(12)15;/h2-5,13,16H,6-10H2,1H3;1H. The van der Waals surface area contributed by atoms with Crippen LogP contribution < -0.4 is 10.1 Å². The molecule has 1 aliphatic rings. The second kappa shape index (κ2) is 9.10. The molecule has 0 aliphatic carbocycles. The van der Waals surface area contributed by atoms with Crippen LogP contribution in [0.4, 0.5) is 0 Å². The molecule has 118 valence electrons. The number of benzene rings is 1. The van der Waals surface area contributed by atoms with Crippen LogP contribution in [0.3, 0.4) is 0 Å². The summed E-state index contributed by atoms with van der Waals surface area (Å²) in [5.74, 6) is 0.602. The third-order valence-corrected chi connectivity index (χ3v) is 3.41. The number of carbonyl (C=O) groups excluding carboxylic acids is 1. The molecule has 0 aromatic heterocycles. The predicted octanol–water partition coefficient (Wildman–Crippen LogP) is 1.59. The highest BCUT2D eigenvalue weighted by Crippen LogP contribution is 2.22. The van der Waals surface area contributed by atoms with E-state index in [-0.39, 0.29) is 18.3 Å². The average Bonchev–Trinajstić information content (AvgIpc) is 2.49. The van der Waals surface area contributed by atoms with Crippen molar-refractivity contribution in [3.05, 3.63) is 29.3 Å². The molecule has 0 saturated carbocycles. The lowest BCUT2D eigenvalue weighted by molar-refractivity contribution is -0.144. The van der Waals surface area contributed by atoms with Gasteiger partial charge in [-0.05, 0) is 12.1 Å². The summed E-state index contributed by atoms with van der Waals surface area (Å²) in [6, 6.07) is 7.28. The lowest BCUT2D eigenvalue weighted by atomic mass is 10.2. The average molecular weight is 335 g/mol. The first-order valence-corrected chi connectivity index (χ1v) is 7.01. The molecular weight excluding hydrogens is 315 g/mol. The monoisotopic (exact) mass is 334 g/mol. The van der Waals surface area contributed by atoms with Gasteiger partial charge in [0.15, 0.2) is 0 Å². The van der Waals surface area contributed by atoms with Crippen molar-refractivity contribution in [3.8, 4) is 5.75 Å². The van der Waals surface area contributed by atoms with Gasteiger partial charge in [0.05, 0.1) is 18.2 Å². The van der Waals surface area contributed by atoms with Crippen LogP contribution in [-0.2, 0) is 9.53 Å². The number of halogens is 2. The Bertz CT molecular complexity index is 454. The molecule has 1 saturated heterocycles. The summed E-state index contributed by atoms with van der Waals surface area (Å²) < 4.78 is 11.0. The SMILES string of the molecule is CN(CCOc1ccccc1Cl)C(=O)C1CNCCO1.Cl. The van der Waals surface area contributed by atoms with Crippen LogP contribution >= 0.6 is 24.0 Å². The van der Waals surface area contributed by atoms with Gasteiger partial charge in [-0.2, -0.15) is 0 Å². The zero-order valence-corrected chi connectivity index (χ0v) is 13.5. The van der Waals surface area contributed by atoms with Gasteiger partial charge in [-0.15, -0.1) is 12.4 Å². The van der Waals surface area contributed by atoms with Gasteiger partial charge in [-0.25, -0.2) is 0 Å². The third kappa shape index (κ3) is 5.36. The number of nitrogens with zero attached hydrogens (tertiary/aromatic N) is 1. The number of ether oxygens (including phenoxy) is 2. The van der Waals surface area contributed by atoms with Gasteiger partial charge in [-0.1, -0.05) is 23.7 Å². The van der Waals surface area contributed by atoms with E-state index in [1.165, 1.54) is 0 Å². The van der Waals surface area contributed by atoms with E-state index in [0.717, 1.165) is 6.54 Å². The van der Waals surface area contributed by atoms with Crippen LogP contribution in [0, 0.1) is 0 Å². The smallest absolute Gasteiger partial charge is 0.252 e. The van der Waals surface area contributed by atoms with Crippen LogP contribution in [0.1, 0.15) is 0 Å². The van der Waals surface area contributed by atoms with Gasteiger partial charge in [0.2, 0.25) is 0 Å². The molecule has 1 aromatic rings. The first-order valence-electron chi connectivity index (χ1n) is 6.63. The molecule has 1 atom stereocenters. The number of carbonyl (C=O) groups is 1. The second-order valence-corrected chi connectivity index (χ2v) is 5.01. The van der Waals surface area contributed by atoms with Gasteiger partial charge in [0.25, 0.3) is 5.91 Å². The third-order valence-electron chi connectivity index (χ3n) is 3.10. The maximum atomic E-state index is 12.1. The molecule has 1 fully saturated rings. The molecule has 0 spiro atoms. The lowest BCUT2D eigenvalue weighted by Gasteiger charge is -2.27. The molecule has 0 radical (unpaired) electrons. The Balaban J connectivity index is 0.00000220. The number of amides is 1. The molecule has 1 aromatic carbocycles. The van der Waals surface area contributed by atoms with Crippen LogP contribution in [0.5, 0.6) is 5.75 Å². The van der Waals surface area contributed by atoms with Crippen molar-refractivity contribution < 1.29 is 14.3 Å². The normalized spacial score (nSPS) is 17.7. The molecular formula is C14H20Cl2N2O3. The van der Waals surface area contributed by atoms with E-state index in [1.807, 2.05) is 12.1 Å². The van der Waals surface area contributed by atoms with Crippen molar-refractivity contribution in [2.45, 2.75) is 6.10 Å². The van der Waals surface area contributed by atoms with E-state index in [0.29, 0.717) is 37.1 Å². The van der Waals surface area contributed by atoms with Crippen LogP contribution in [0.2, 0.25) is 5.02 Å². The Morgan fingerprint density at radius 2 is 2.29 bits per heavy atom. The van der Waals surface area contributed by atoms with Crippen LogP contribution in [0.25, 0.3) is 0 Å². The quantitative estimate of drug-likeness (QED) is 0.888. The predicted molar refractivity (Wildman–Crippen MR) is 84.4 cm³/mol. The summed E-state index contributed by atoms with van der Waals surface area (Å²) in [5, 5.41) is 3.71. The second-order valence-electron chi connectivity index (χ2n) is 4.60. The van der Waals surface area contributed by atoms with E-state index in [2.05, 4.69) is 5.32 Å². The Morgan fingerprint density at radius 3 is 2.95 bits per heavy atom. The summed E-state index contributed by atoms with van der Waals surface area (Å²) >= 11 is 5.99. The zero-order valence-electron chi connectivity index (χ0n) is 11.9. The number of likely N-dealkylation sites (N-methyl/N-ethyl adjacent to an activating group) is 1. The molecule has 0 bridgehead atoms. The van der Waals surface area contributed by atoms with Crippen molar-refractivity contribution in [2.24, 2.45) is 0 Å². The van der Waals surface area contributed by atoms with E-state index in [4.69, 9.17) is 21.1 Å². The molecule has 1 amide bonds. The molecule has 21 heavy (non-hydrogen) atoms. The molecule has 7 heteroatoms. The van der Waals surface area contributed by atoms with Crippen molar-refractivity contribution in [1.82, 2.24) is 10.2 Å². The largest absolute Gasteiger partial charge is 0.490 e. The topological polar surface area (TPSA) is 50.8 Å². The van der Waals surface area contributed by atoms with Crippen LogP contribution in [0.15, 0.2) is 24.3 Å². The number of hydrogen-bond acceptors (Lipinski definition) is 4. The minimum atomic E-state index is -0.394. The summed E-state index contributed by atoms with van der Waals surface area (Å²) in [6.45, 7) is 2.81. The van der Waals surface area contributed by atoms with Gasteiger partial charge in [-0.3, -0.25) is 4.79 Å². The Labute approximate surface area is 135 Å². The fraction of sp³-hybridized carbons (Fsp3) is 0.500. The van der Waals surface area contributed by atoms with Crippen molar-refractivity contribution in [2.75, 3.05) is 39.9 Å². The van der Waals surface area contributed by atoms with Crippen molar-refractivity contribution in [1.29, 1.82) is 0 Å². The van der Waals surface area contributed by atoms with Crippen LogP contribution in [-0.4, -0.2) is 56.8 Å². The summed E-state index contributed by atoms with van der Waals surface area (Å²) in [5.41, 5.74) is 0. The number of nitrogens with one attached hydrogen (secondary N) is 1. The minimum absolute atomic E-state index is 0. The fourth-order valence-electron chi connectivity index (χ4n) is 1.93. The summed E-state index contributed by atoms with van der Waals surface area (Å²) in [7, 11) is 1.75. The Kier molecular flexibility index (Phi) is 7.82. The van der Waals surface area contributed by atoms with E-state index >= 15 is 0 Å². The number of para-hydroxylation sites is 1. The molecule has 5 nitrogen and oxygen atoms in total. The minimum Gasteiger partial charge on any atom is -0.490 e. The Morgan fingerprint density at radius 1 is 1.52 bits per heavy atom. The highest BCUT2D eigenvalue weighted by atomic mass is 35.5. The molecule has 1 heterocycles. The first kappa shape index (κ1) is 18.0. The van der Waals surface area contributed by atoms with Gasteiger partial charge < -0.3 is 19.7 Å². The summed E-state index contributed by atoms with van der Waals surface area (Å²) in [6.07, 6.45) is -0.394. The maximum absolute atomic E-state index is 12.1. The number of morpholine rings is 1. The van der Waals surface area contributed by atoms with Gasteiger partial charge in [0.1, 0.15) is 18.5 Å². The molecule has 2 rings (SSSR count). The van der Waals surface area contributed by atoms with E-state index in [9.17, 15) is 4.79 Å². The molecule has 1 aliphatic heterocycles. The number of hydrogen-bond donors (Lipinski definition) is 1. The summed E-state index contributed by atoms with van der Waals surface area (Å²) in [4.78, 5) is 13.7. The lowest BCUT2D eigenvalue weighted by Crippen LogP contribution is -2.49. The van der Waals surface area contributed by atoms with Crippen molar-refractivity contribution in [3.63, 3.8) is 0 Å². The highest BCUT2D eigenvalue weighted by Gasteiger charge is 2.24. The first-order chi connectivity index (χ1) is 9.68. The fourth-order valence-corrected chi connectivity index (χ4v) is 2.12. The van der Waals surface area contributed by atoms with E-state index < -0.39 is 6.10 Å². The Hall–Kier alpha value is -1.01. The van der Waals surface area contributed by atoms with E-state index in [1.54, 1.807) is 24.1 Å². The molecule has 1 N–H and O–H groups in total.